The second-order valence-corrected chi connectivity index (χ2v) is 7.90. The van der Waals surface area contributed by atoms with Crippen LogP contribution in [0.2, 0.25) is 0 Å². The Morgan fingerprint density at radius 1 is 1.07 bits per heavy atom. The summed E-state index contributed by atoms with van der Waals surface area (Å²) in [5.41, 5.74) is 1.38. The summed E-state index contributed by atoms with van der Waals surface area (Å²) in [7, 11) is -3.57. The predicted octanol–water partition coefficient (Wildman–Crippen LogP) is 2.51. The van der Waals surface area contributed by atoms with Crippen molar-refractivity contribution >= 4 is 15.9 Å². The van der Waals surface area contributed by atoms with E-state index >= 15 is 0 Å². The van der Waals surface area contributed by atoms with Gasteiger partial charge in [0.05, 0.1) is 10.5 Å². The normalized spacial score (nSPS) is 11.2. The van der Waals surface area contributed by atoms with Gasteiger partial charge in [0.1, 0.15) is 5.82 Å². The van der Waals surface area contributed by atoms with Gasteiger partial charge in [-0.15, -0.1) is 0 Å². The maximum absolute atomic E-state index is 13.3. The Hall–Kier alpha value is -3.17. The molecule has 3 rings (SSSR count). The third-order valence-corrected chi connectivity index (χ3v) is 5.54. The largest absolute Gasteiger partial charge is 0.348 e. The molecule has 2 N–H and O–H groups in total. The number of amides is 1. The Labute approximate surface area is 168 Å². The van der Waals surface area contributed by atoms with Crippen molar-refractivity contribution in [3.63, 3.8) is 0 Å². The van der Waals surface area contributed by atoms with Crippen molar-refractivity contribution in [3.8, 4) is 11.4 Å². The highest BCUT2D eigenvalue weighted by Crippen LogP contribution is 2.15. The van der Waals surface area contributed by atoms with Crippen molar-refractivity contribution in [3.05, 3.63) is 77.9 Å². The fraction of sp³-hybridized carbons (Fsp3) is 0.150. The molecule has 0 bridgehead atoms. The molecule has 0 atom stereocenters. The number of aromatic nitrogens is 2. The summed E-state index contributed by atoms with van der Waals surface area (Å²) in [4.78, 5) is 20.7. The highest BCUT2D eigenvalue weighted by molar-refractivity contribution is 7.89. The van der Waals surface area contributed by atoms with Gasteiger partial charge in [-0.25, -0.2) is 27.5 Å². The van der Waals surface area contributed by atoms with E-state index in [-0.39, 0.29) is 23.5 Å². The molecule has 1 amide bonds. The second kappa shape index (κ2) is 8.89. The summed E-state index contributed by atoms with van der Waals surface area (Å²) < 4.78 is 39.9. The number of nitrogens with zero attached hydrogens (tertiary/aromatic N) is 2. The zero-order valence-corrected chi connectivity index (χ0v) is 16.4. The third kappa shape index (κ3) is 5.21. The first-order valence-electron chi connectivity index (χ1n) is 8.84. The molecule has 0 aliphatic carbocycles. The lowest BCUT2D eigenvalue weighted by molar-refractivity contribution is 0.0950. The van der Waals surface area contributed by atoms with E-state index < -0.39 is 21.7 Å². The molecule has 0 radical (unpaired) electrons. The van der Waals surface area contributed by atoms with Crippen LogP contribution in [0.1, 0.15) is 22.8 Å². The molecule has 1 aromatic heterocycles. The number of hydrogen-bond acceptors (Lipinski definition) is 5. The molecule has 0 aliphatic heterocycles. The molecule has 0 spiro atoms. The molecule has 0 aliphatic rings. The van der Waals surface area contributed by atoms with Crippen molar-refractivity contribution in [2.75, 3.05) is 6.54 Å². The van der Waals surface area contributed by atoms with E-state index in [9.17, 15) is 17.6 Å². The monoisotopic (exact) mass is 414 g/mol. The Kier molecular flexibility index (Phi) is 6.30. The summed E-state index contributed by atoms with van der Waals surface area (Å²) in [6.45, 7) is 2.12. The second-order valence-electron chi connectivity index (χ2n) is 6.14. The lowest BCUT2D eigenvalue weighted by Gasteiger charge is -2.08. The van der Waals surface area contributed by atoms with E-state index in [0.717, 1.165) is 0 Å². The number of nitrogens with one attached hydrogen (secondary N) is 2. The first-order valence-corrected chi connectivity index (χ1v) is 10.3. The minimum atomic E-state index is -3.57. The van der Waals surface area contributed by atoms with Gasteiger partial charge in [-0.3, -0.25) is 4.79 Å². The number of hydrogen-bond donors (Lipinski definition) is 2. The molecule has 3 aromatic rings. The highest BCUT2D eigenvalue weighted by Gasteiger charge is 2.13. The SMILES string of the molecule is CCNS(=O)(=O)c1cccc(CNC(=O)c2cnc(-c3cccc(F)c3)nc2)c1. The van der Waals surface area contributed by atoms with E-state index in [2.05, 4.69) is 20.0 Å². The molecule has 9 heteroatoms. The lowest BCUT2D eigenvalue weighted by Crippen LogP contribution is -2.25. The minimum absolute atomic E-state index is 0.133. The van der Waals surface area contributed by atoms with Crippen LogP contribution in [0.15, 0.2) is 65.8 Å². The van der Waals surface area contributed by atoms with E-state index in [1.54, 1.807) is 31.2 Å². The zero-order valence-electron chi connectivity index (χ0n) is 15.6. The van der Waals surface area contributed by atoms with Crippen LogP contribution in [0.3, 0.4) is 0 Å². The standard InChI is InChI=1S/C20H19FN4O3S/c1-2-25-29(27,28)18-8-3-5-14(9-18)11-24-20(26)16-12-22-19(23-13-16)15-6-4-7-17(21)10-15/h3-10,12-13,25H,2,11H2,1H3,(H,24,26). The van der Waals surface area contributed by atoms with Gasteiger partial charge in [0.15, 0.2) is 5.82 Å². The topological polar surface area (TPSA) is 101 Å². The van der Waals surface area contributed by atoms with E-state index in [4.69, 9.17) is 0 Å². The minimum Gasteiger partial charge on any atom is -0.348 e. The van der Waals surface area contributed by atoms with Crippen molar-refractivity contribution in [2.45, 2.75) is 18.4 Å². The van der Waals surface area contributed by atoms with Gasteiger partial charge >= 0.3 is 0 Å². The van der Waals surface area contributed by atoms with Gasteiger partial charge < -0.3 is 5.32 Å². The van der Waals surface area contributed by atoms with Crippen LogP contribution in [0, 0.1) is 5.82 Å². The third-order valence-electron chi connectivity index (χ3n) is 3.99. The Balaban J connectivity index is 1.67. The summed E-state index contributed by atoms with van der Waals surface area (Å²) >= 11 is 0. The fourth-order valence-electron chi connectivity index (χ4n) is 2.60. The molecule has 0 saturated heterocycles. The first kappa shape index (κ1) is 20.6. The van der Waals surface area contributed by atoms with Gasteiger partial charge in [0.2, 0.25) is 10.0 Å². The van der Waals surface area contributed by atoms with Crippen molar-refractivity contribution in [1.82, 2.24) is 20.0 Å². The van der Waals surface area contributed by atoms with Crippen molar-refractivity contribution in [2.24, 2.45) is 0 Å². The van der Waals surface area contributed by atoms with Gasteiger partial charge in [-0.05, 0) is 29.8 Å². The fourth-order valence-corrected chi connectivity index (χ4v) is 3.71. The van der Waals surface area contributed by atoms with Crippen molar-refractivity contribution in [1.29, 1.82) is 0 Å². The van der Waals surface area contributed by atoms with Gasteiger partial charge in [-0.2, -0.15) is 0 Å². The van der Waals surface area contributed by atoms with Crippen LogP contribution in [0.4, 0.5) is 4.39 Å². The lowest BCUT2D eigenvalue weighted by atomic mass is 10.2. The summed E-state index contributed by atoms with van der Waals surface area (Å²) in [6, 6.07) is 12.2. The molecule has 0 unspecified atom stereocenters. The molecule has 2 aromatic carbocycles. The van der Waals surface area contributed by atoms with Crippen LogP contribution in [-0.2, 0) is 16.6 Å². The molecular formula is C20H19FN4O3S. The van der Waals surface area contributed by atoms with Gasteiger partial charge in [0.25, 0.3) is 5.91 Å². The molecule has 0 fully saturated rings. The zero-order chi connectivity index (χ0) is 20.9. The van der Waals surface area contributed by atoms with Crippen LogP contribution in [0.5, 0.6) is 0 Å². The number of halogens is 1. The molecule has 1 heterocycles. The highest BCUT2D eigenvalue weighted by atomic mass is 32.2. The number of carbonyl (C=O) groups excluding carboxylic acids is 1. The smallest absolute Gasteiger partial charge is 0.254 e. The Morgan fingerprint density at radius 2 is 1.79 bits per heavy atom. The van der Waals surface area contributed by atoms with E-state index in [1.165, 1.54) is 36.7 Å². The van der Waals surface area contributed by atoms with Crippen LogP contribution < -0.4 is 10.0 Å². The molecule has 150 valence electrons. The van der Waals surface area contributed by atoms with Gasteiger partial charge in [0, 0.05) is 31.0 Å². The number of carbonyl (C=O) groups is 1. The van der Waals surface area contributed by atoms with Crippen LogP contribution in [-0.4, -0.2) is 30.8 Å². The maximum atomic E-state index is 13.3. The molecular weight excluding hydrogens is 395 g/mol. The Morgan fingerprint density at radius 3 is 2.48 bits per heavy atom. The van der Waals surface area contributed by atoms with E-state index in [0.29, 0.717) is 17.0 Å². The number of benzene rings is 2. The average molecular weight is 414 g/mol. The van der Waals surface area contributed by atoms with Crippen LogP contribution >= 0.6 is 0 Å². The number of sulfonamides is 1. The summed E-state index contributed by atoms with van der Waals surface area (Å²) in [5, 5.41) is 2.70. The van der Waals surface area contributed by atoms with E-state index in [1.807, 2.05) is 0 Å². The maximum Gasteiger partial charge on any atom is 0.254 e. The quantitative estimate of drug-likeness (QED) is 0.619. The first-order chi connectivity index (χ1) is 13.9. The molecule has 0 saturated carbocycles. The molecule has 7 nitrogen and oxygen atoms in total. The van der Waals surface area contributed by atoms with Crippen LogP contribution in [0.25, 0.3) is 11.4 Å². The Bertz CT molecular complexity index is 1120. The number of rotatable bonds is 7. The molecule has 29 heavy (non-hydrogen) atoms. The summed E-state index contributed by atoms with van der Waals surface area (Å²) in [5.74, 6) is -0.496. The van der Waals surface area contributed by atoms with Crippen molar-refractivity contribution < 1.29 is 17.6 Å². The van der Waals surface area contributed by atoms with Gasteiger partial charge in [-0.1, -0.05) is 31.2 Å². The average Bonchev–Trinajstić information content (AvgIpc) is 2.72. The predicted molar refractivity (Wildman–Crippen MR) is 106 cm³/mol. The summed E-state index contributed by atoms with van der Waals surface area (Å²) in [6.07, 6.45) is 2.71.